The number of hydrogen-bond donors (Lipinski definition) is 0. The molecule has 2 nitrogen and oxygen atoms in total. The Bertz CT molecular complexity index is 705. The zero-order chi connectivity index (χ0) is 17.2. The lowest BCUT2D eigenvalue weighted by Crippen LogP contribution is -2.36. The Balaban J connectivity index is 1.91. The minimum Gasteiger partial charge on any atom is -0.364 e. The molecule has 126 valence electrons. The third-order valence-electron chi connectivity index (χ3n) is 4.28. The molecular weight excluding hydrogens is 314 g/mol. The van der Waals surface area contributed by atoms with Gasteiger partial charge >= 0.3 is 0 Å². The van der Waals surface area contributed by atoms with E-state index < -0.39 is 0 Å². The largest absolute Gasteiger partial charge is 0.364 e. The van der Waals surface area contributed by atoms with Gasteiger partial charge in [-0.05, 0) is 29.7 Å². The van der Waals surface area contributed by atoms with E-state index in [0.717, 1.165) is 13.0 Å². The third-order valence-corrected chi connectivity index (χ3v) is 5.29. The van der Waals surface area contributed by atoms with Crippen molar-refractivity contribution in [3.63, 3.8) is 0 Å². The van der Waals surface area contributed by atoms with Gasteiger partial charge in [0.05, 0.1) is 6.04 Å². The number of anilines is 1. The van der Waals surface area contributed by atoms with Crippen LogP contribution in [0.15, 0.2) is 54.6 Å². The summed E-state index contributed by atoms with van der Waals surface area (Å²) in [6.45, 7) is 7.25. The van der Waals surface area contributed by atoms with Crippen molar-refractivity contribution < 1.29 is 4.79 Å². The first-order chi connectivity index (χ1) is 11.4. The minimum absolute atomic E-state index is 0.0388. The number of carbonyl (C=O) groups is 1. The van der Waals surface area contributed by atoms with Crippen molar-refractivity contribution in [1.29, 1.82) is 0 Å². The van der Waals surface area contributed by atoms with Crippen molar-refractivity contribution in [1.82, 2.24) is 0 Å². The molecule has 3 heteroatoms. The molecule has 0 spiro atoms. The average molecular weight is 340 g/mol. The highest BCUT2D eigenvalue weighted by Gasteiger charge is 2.30. The zero-order valence-electron chi connectivity index (χ0n) is 14.7. The molecule has 1 heterocycles. The van der Waals surface area contributed by atoms with Gasteiger partial charge in [-0.3, -0.25) is 4.79 Å². The molecule has 24 heavy (non-hydrogen) atoms. The van der Waals surface area contributed by atoms with Gasteiger partial charge in [0.1, 0.15) is 0 Å². The van der Waals surface area contributed by atoms with Crippen molar-refractivity contribution in [3.05, 3.63) is 65.7 Å². The maximum Gasteiger partial charge on any atom is 0.191 e. The number of fused-ring (bicyclic) bond motifs is 1. The molecule has 1 atom stereocenters. The number of hydrogen-bond acceptors (Lipinski definition) is 3. The van der Waals surface area contributed by atoms with Gasteiger partial charge in [0.25, 0.3) is 0 Å². The second-order valence-electron chi connectivity index (χ2n) is 7.28. The van der Waals surface area contributed by atoms with Crippen LogP contribution >= 0.6 is 11.8 Å². The van der Waals surface area contributed by atoms with Gasteiger partial charge < -0.3 is 4.90 Å². The Morgan fingerprint density at radius 3 is 2.46 bits per heavy atom. The van der Waals surface area contributed by atoms with Gasteiger partial charge in [0.2, 0.25) is 0 Å². The van der Waals surface area contributed by atoms with Crippen LogP contribution in [0.2, 0.25) is 0 Å². The lowest BCUT2D eigenvalue weighted by Gasteiger charge is -2.39. The van der Waals surface area contributed by atoms with E-state index in [1.54, 1.807) is 0 Å². The van der Waals surface area contributed by atoms with Gasteiger partial charge in [0.15, 0.2) is 5.12 Å². The SMILES string of the molecule is CC(C)(C)SC(=O)CC1c2ccccc2CCN1c1ccccc1. The molecule has 1 unspecified atom stereocenters. The number of para-hydroxylation sites is 1. The topological polar surface area (TPSA) is 20.3 Å². The predicted octanol–water partition coefficient (Wildman–Crippen LogP) is 5.24. The summed E-state index contributed by atoms with van der Waals surface area (Å²) in [5, 5.41) is 0.269. The zero-order valence-corrected chi connectivity index (χ0v) is 15.5. The van der Waals surface area contributed by atoms with E-state index in [9.17, 15) is 4.79 Å². The molecule has 0 fully saturated rings. The van der Waals surface area contributed by atoms with E-state index in [-0.39, 0.29) is 15.9 Å². The van der Waals surface area contributed by atoms with Crippen LogP contribution in [-0.2, 0) is 11.2 Å². The van der Waals surface area contributed by atoms with E-state index in [1.165, 1.54) is 28.6 Å². The van der Waals surface area contributed by atoms with Crippen LogP contribution in [0.3, 0.4) is 0 Å². The maximum absolute atomic E-state index is 12.6. The molecule has 3 rings (SSSR count). The number of carbonyl (C=O) groups excluding carboxylic acids is 1. The monoisotopic (exact) mass is 339 g/mol. The van der Waals surface area contributed by atoms with Crippen molar-refractivity contribution >= 4 is 22.6 Å². The molecule has 0 aromatic heterocycles. The summed E-state index contributed by atoms with van der Waals surface area (Å²) in [6, 6.07) is 19.1. The molecule has 0 radical (unpaired) electrons. The molecule has 2 aromatic carbocycles. The second-order valence-corrected chi connectivity index (χ2v) is 9.17. The normalized spacial score (nSPS) is 17.5. The molecule has 0 N–H and O–H groups in total. The number of nitrogens with zero attached hydrogens (tertiary/aromatic N) is 1. The highest BCUT2D eigenvalue weighted by molar-refractivity contribution is 8.14. The molecule has 0 amide bonds. The second kappa shape index (κ2) is 7.02. The van der Waals surface area contributed by atoms with Crippen LogP contribution in [0.25, 0.3) is 0 Å². The van der Waals surface area contributed by atoms with Crippen molar-refractivity contribution in [2.45, 2.75) is 44.4 Å². The van der Waals surface area contributed by atoms with Gasteiger partial charge in [-0.1, -0.05) is 75.0 Å². The summed E-state index contributed by atoms with van der Waals surface area (Å²) in [4.78, 5) is 15.0. The maximum atomic E-state index is 12.6. The first-order valence-corrected chi connectivity index (χ1v) is 9.37. The lowest BCUT2D eigenvalue weighted by molar-refractivity contribution is -0.111. The predicted molar refractivity (Wildman–Crippen MR) is 104 cm³/mol. The summed E-state index contributed by atoms with van der Waals surface area (Å²) < 4.78 is -0.0388. The fraction of sp³-hybridized carbons (Fsp3) is 0.381. The van der Waals surface area contributed by atoms with Gasteiger partial charge in [-0.15, -0.1) is 0 Å². The Morgan fingerprint density at radius 1 is 1.08 bits per heavy atom. The quantitative estimate of drug-likeness (QED) is 0.763. The first-order valence-electron chi connectivity index (χ1n) is 8.55. The van der Waals surface area contributed by atoms with Gasteiger partial charge in [0, 0.05) is 23.4 Å². The van der Waals surface area contributed by atoms with E-state index >= 15 is 0 Å². The van der Waals surface area contributed by atoms with Crippen LogP contribution in [-0.4, -0.2) is 16.4 Å². The summed E-state index contributed by atoms with van der Waals surface area (Å²) >= 11 is 1.46. The Labute approximate surface area is 149 Å². The summed E-state index contributed by atoms with van der Waals surface area (Å²) in [7, 11) is 0. The van der Waals surface area contributed by atoms with E-state index in [1.807, 2.05) is 6.07 Å². The highest BCUT2D eigenvalue weighted by atomic mass is 32.2. The Kier molecular flexibility index (Phi) is 5.00. The van der Waals surface area contributed by atoms with Crippen molar-refractivity contribution in [2.24, 2.45) is 0 Å². The minimum atomic E-state index is -0.0388. The van der Waals surface area contributed by atoms with Crippen molar-refractivity contribution in [2.75, 3.05) is 11.4 Å². The molecule has 1 aliphatic rings. The van der Waals surface area contributed by atoms with Crippen LogP contribution in [0, 0.1) is 0 Å². The first kappa shape index (κ1) is 17.1. The molecule has 0 saturated carbocycles. The van der Waals surface area contributed by atoms with Crippen LogP contribution in [0.1, 0.15) is 44.4 Å². The lowest BCUT2D eigenvalue weighted by atomic mass is 9.90. The average Bonchev–Trinajstić information content (AvgIpc) is 2.54. The fourth-order valence-electron chi connectivity index (χ4n) is 3.34. The van der Waals surface area contributed by atoms with E-state index in [0.29, 0.717) is 6.42 Å². The molecule has 0 bridgehead atoms. The summed E-state index contributed by atoms with van der Waals surface area (Å²) in [6.07, 6.45) is 1.58. The van der Waals surface area contributed by atoms with Crippen LogP contribution in [0.4, 0.5) is 5.69 Å². The Morgan fingerprint density at radius 2 is 1.75 bits per heavy atom. The van der Waals surface area contributed by atoms with Gasteiger partial charge in [-0.2, -0.15) is 0 Å². The third kappa shape index (κ3) is 4.02. The standard InChI is InChI=1S/C21H25NOS/c1-21(2,3)24-20(23)15-19-18-12-8-7-9-16(18)13-14-22(19)17-10-5-4-6-11-17/h4-12,19H,13-15H2,1-3H3. The van der Waals surface area contributed by atoms with E-state index in [2.05, 4.69) is 74.2 Å². The molecule has 2 aromatic rings. The molecule has 1 aliphatic heterocycles. The van der Waals surface area contributed by atoms with Crippen molar-refractivity contribution in [3.8, 4) is 0 Å². The van der Waals surface area contributed by atoms with E-state index in [4.69, 9.17) is 0 Å². The molecule has 0 aliphatic carbocycles. The smallest absolute Gasteiger partial charge is 0.191 e. The number of rotatable bonds is 3. The number of thioether (sulfide) groups is 1. The van der Waals surface area contributed by atoms with Gasteiger partial charge in [-0.25, -0.2) is 0 Å². The van der Waals surface area contributed by atoms with Crippen LogP contribution < -0.4 is 4.90 Å². The fourth-order valence-corrected chi connectivity index (χ4v) is 4.27. The summed E-state index contributed by atoms with van der Waals surface area (Å²) in [5.74, 6) is 0. The molecular formula is C21H25NOS. The summed E-state index contributed by atoms with van der Waals surface area (Å²) in [5.41, 5.74) is 3.88. The van der Waals surface area contributed by atoms with Crippen LogP contribution in [0.5, 0.6) is 0 Å². The highest BCUT2D eigenvalue weighted by Crippen LogP contribution is 2.38. The number of benzene rings is 2. The Hall–Kier alpha value is -1.74. The molecule has 0 saturated heterocycles.